The fraction of sp³-hybridized carbons (Fsp3) is 0.100. The molecule has 0 N–H and O–H groups in total. The van der Waals surface area contributed by atoms with Crippen molar-refractivity contribution < 1.29 is 4.70 Å². The summed E-state index contributed by atoms with van der Waals surface area (Å²) in [6, 6.07) is 33.0. The van der Waals surface area contributed by atoms with Crippen molar-refractivity contribution in [3.05, 3.63) is 91.0 Å². The molecule has 0 aliphatic heterocycles. The first-order chi connectivity index (χ1) is 10.4. The number of rotatable bonds is 4. The highest BCUT2D eigenvalue weighted by molar-refractivity contribution is 7.95. The Balaban J connectivity index is 0.00000176. The van der Waals surface area contributed by atoms with Crippen molar-refractivity contribution in [2.75, 3.05) is 6.16 Å². The van der Waals surface area contributed by atoms with Crippen LogP contribution in [-0.4, -0.2) is 6.16 Å². The van der Waals surface area contributed by atoms with E-state index in [0.29, 0.717) is 0 Å². The van der Waals surface area contributed by atoms with Crippen molar-refractivity contribution in [2.45, 2.75) is 6.92 Å². The molecule has 0 atom stereocenters. The average Bonchev–Trinajstić information content (AvgIpc) is 2.59. The third-order valence-electron chi connectivity index (χ3n) is 4.07. The summed E-state index contributed by atoms with van der Waals surface area (Å²) in [6.07, 6.45) is 1.14. The minimum Gasteiger partial charge on any atom is -1.00 e. The predicted octanol–water partition coefficient (Wildman–Crippen LogP) is 1.00. The number of hydrogen-bond acceptors (Lipinski definition) is 0. The lowest BCUT2D eigenvalue weighted by molar-refractivity contribution is -0.00000409. The summed E-state index contributed by atoms with van der Waals surface area (Å²) < 4.78 is 0. The molecule has 3 rings (SSSR count). The van der Waals surface area contributed by atoms with Crippen molar-refractivity contribution >= 4 is 23.2 Å². The van der Waals surface area contributed by atoms with Crippen LogP contribution in [0.5, 0.6) is 0 Å². The molecule has 22 heavy (non-hydrogen) atoms. The minimum atomic E-state index is -1.53. The molecule has 0 aromatic heterocycles. The molecule has 0 heterocycles. The Hall–Kier alpha value is -1.98. The summed E-state index contributed by atoms with van der Waals surface area (Å²) in [4.78, 5) is 0. The summed E-state index contributed by atoms with van der Waals surface area (Å²) in [7, 11) is -1.53. The van der Waals surface area contributed by atoms with Gasteiger partial charge in [0.15, 0.2) is 0 Å². The molecule has 0 nitrogen and oxygen atoms in total. The van der Waals surface area contributed by atoms with E-state index in [0.717, 1.165) is 6.16 Å². The van der Waals surface area contributed by atoms with Gasteiger partial charge in [-0.05, 0) is 43.3 Å². The Kier molecular flexibility index (Phi) is 5.46. The zero-order chi connectivity index (χ0) is 14.5. The van der Waals surface area contributed by atoms with Gasteiger partial charge in [-0.25, -0.2) is 0 Å². The molecule has 0 saturated heterocycles. The molecule has 0 radical (unpaired) electrons. The number of benzene rings is 3. The van der Waals surface area contributed by atoms with Crippen LogP contribution in [0.15, 0.2) is 91.0 Å². The lowest BCUT2D eigenvalue weighted by atomic mass is 10.4. The molecule has 0 unspecified atom stereocenters. The van der Waals surface area contributed by atoms with Crippen LogP contribution in [0.2, 0.25) is 0 Å². The molecule has 0 aliphatic rings. The SMILES string of the molecule is CC[P+](c1ccccc1)(c1ccccc1)c1ccccc1.[F-]. The maximum atomic E-state index is 2.32. The van der Waals surface area contributed by atoms with Gasteiger partial charge in [-0.2, -0.15) is 0 Å². The molecule has 2 heteroatoms. The van der Waals surface area contributed by atoms with Gasteiger partial charge in [-0.15, -0.1) is 0 Å². The van der Waals surface area contributed by atoms with Gasteiger partial charge in [0.25, 0.3) is 0 Å². The van der Waals surface area contributed by atoms with Crippen LogP contribution in [0.4, 0.5) is 0 Å². The highest BCUT2D eigenvalue weighted by atomic mass is 31.2. The summed E-state index contributed by atoms with van der Waals surface area (Å²) in [5.41, 5.74) is 0. The van der Waals surface area contributed by atoms with Crippen molar-refractivity contribution in [1.82, 2.24) is 0 Å². The van der Waals surface area contributed by atoms with Gasteiger partial charge in [0.05, 0.1) is 6.16 Å². The Labute approximate surface area is 132 Å². The van der Waals surface area contributed by atoms with Crippen LogP contribution in [-0.2, 0) is 0 Å². The second-order valence-corrected chi connectivity index (χ2v) is 8.93. The molecule has 0 aliphatic carbocycles. The van der Waals surface area contributed by atoms with Crippen LogP contribution in [0.25, 0.3) is 0 Å². The van der Waals surface area contributed by atoms with Crippen molar-refractivity contribution in [2.24, 2.45) is 0 Å². The van der Waals surface area contributed by atoms with Crippen LogP contribution >= 0.6 is 7.26 Å². The normalized spacial score (nSPS) is 10.8. The third-order valence-corrected chi connectivity index (χ3v) is 8.55. The molecule has 0 amide bonds. The summed E-state index contributed by atoms with van der Waals surface area (Å²) in [5.74, 6) is 0. The Morgan fingerprint density at radius 3 is 1.05 bits per heavy atom. The van der Waals surface area contributed by atoms with E-state index in [1.807, 2.05) is 0 Å². The van der Waals surface area contributed by atoms with Gasteiger partial charge < -0.3 is 4.70 Å². The molecule has 0 saturated carbocycles. The largest absolute Gasteiger partial charge is 1.00 e. The van der Waals surface area contributed by atoms with E-state index in [-0.39, 0.29) is 4.70 Å². The second kappa shape index (κ2) is 7.33. The van der Waals surface area contributed by atoms with Crippen LogP contribution < -0.4 is 20.6 Å². The van der Waals surface area contributed by atoms with Gasteiger partial charge in [0.2, 0.25) is 0 Å². The maximum Gasteiger partial charge on any atom is 0.111 e. The third kappa shape index (κ3) is 2.82. The molecule has 3 aromatic rings. The van der Waals surface area contributed by atoms with E-state index in [4.69, 9.17) is 0 Å². The van der Waals surface area contributed by atoms with E-state index in [1.54, 1.807) is 0 Å². The fourth-order valence-electron chi connectivity index (χ4n) is 3.04. The van der Waals surface area contributed by atoms with Crippen LogP contribution in [0, 0.1) is 0 Å². The Morgan fingerprint density at radius 1 is 0.545 bits per heavy atom. The van der Waals surface area contributed by atoms with E-state index in [2.05, 4.69) is 97.9 Å². The zero-order valence-corrected chi connectivity index (χ0v) is 13.6. The highest BCUT2D eigenvalue weighted by Gasteiger charge is 2.43. The van der Waals surface area contributed by atoms with Gasteiger partial charge in [0.1, 0.15) is 23.2 Å². The van der Waals surface area contributed by atoms with Crippen molar-refractivity contribution in [1.29, 1.82) is 0 Å². The molecule has 0 bridgehead atoms. The quantitative estimate of drug-likeness (QED) is 0.631. The Morgan fingerprint density at radius 2 is 0.818 bits per heavy atom. The average molecular weight is 310 g/mol. The molecule has 0 spiro atoms. The standard InChI is InChI=1S/C20H20P.FH/c1-2-21(18-12-6-3-7-13-18,19-14-8-4-9-15-19)20-16-10-5-11-17-20;/h3-17H,2H2,1H3;1H/q+1;/p-1. The lowest BCUT2D eigenvalue weighted by Gasteiger charge is -2.26. The smallest absolute Gasteiger partial charge is 0.111 e. The molecular weight excluding hydrogens is 290 g/mol. The van der Waals surface area contributed by atoms with Gasteiger partial charge in [0, 0.05) is 0 Å². The molecular formula is C20H20FP. The van der Waals surface area contributed by atoms with Crippen LogP contribution in [0.3, 0.4) is 0 Å². The fourth-order valence-corrected chi connectivity index (χ4v) is 7.08. The van der Waals surface area contributed by atoms with E-state index in [1.165, 1.54) is 15.9 Å². The monoisotopic (exact) mass is 310 g/mol. The van der Waals surface area contributed by atoms with Crippen LogP contribution in [0.1, 0.15) is 6.92 Å². The topological polar surface area (TPSA) is 0 Å². The van der Waals surface area contributed by atoms with Gasteiger partial charge in [-0.3, -0.25) is 0 Å². The first-order valence-electron chi connectivity index (χ1n) is 7.43. The minimum absolute atomic E-state index is 0. The van der Waals surface area contributed by atoms with Gasteiger partial charge in [-0.1, -0.05) is 54.6 Å². The van der Waals surface area contributed by atoms with E-state index >= 15 is 0 Å². The van der Waals surface area contributed by atoms with E-state index in [9.17, 15) is 0 Å². The molecule has 112 valence electrons. The first kappa shape index (κ1) is 16.4. The lowest BCUT2D eigenvalue weighted by Crippen LogP contribution is -3.00. The second-order valence-electron chi connectivity index (χ2n) is 5.13. The Bertz CT molecular complexity index is 584. The predicted molar refractivity (Wildman–Crippen MR) is 95.7 cm³/mol. The first-order valence-corrected chi connectivity index (χ1v) is 9.40. The zero-order valence-electron chi connectivity index (χ0n) is 12.7. The molecule has 3 aromatic carbocycles. The number of hydrogen-bond donors (Lipinski definition) is 0. The van der Waals surface area contributed by atoms with Gasteiger partial charge >= 0.3 is 0 Å². The van der Waals surface area contributed by atoms with E-state index < -0.39 is 7.26 Å². The number of halogens is 1. The summed E-state index contributed by atoms with van der Waals surface area (Å²) in [5, 5.41) is 4.39. The summed E-state index contributed by atoms with van der Waals surface area (Å²) in [6.45, 7) is 2.32. The van der Waals surface area contributed by atoms with Crippen molar-refractivity contribution in [3.63, 3.8) is 0 Å². The molecule has 0 fully saturated rings. The van der Waals surface area contributed by atoms with Crippen molar-refractivity contribution in [3.8, 4) is 0 Å². The summed E-state index contributed by atoms with van der Waals surface area (Å²) >= 11 is 0. The highest BCUT2D eigenvalue weighted by Crippen LogP contribution is 2.54. The maximum absolute atomic E-state index is 2.32.